The van der Waals surface area contributed by atoms with E-state index in [9.17, 15) is 0 Å². The lowest BCUT2D eigenvalue weighted by Crippen LogP contribution is -2.31. The van der Waals surface area contributed by atoms with E-state index in [1.807, 2.05) is 6.07 Å². The molecule has 2 N–H and O–H groups in total. The number of nitrogens with zero attached hydrogens (tertiary/aromatic N) is 2. The molecule has 0 aliphatic heterocycles. The Labute approximate surface area is 129 Å². The van der Waals surface area contributed by atoms with Crippen molar-refractivity contribution in [1.29, 1.82) is 0 Å². The van der Waals surface area contributed by atoms with Gasteiger partial charge in [-0.3, -0.25) is 0 Å². The van der Waals surface area contributed by atoms with Gasteiger partial charge < -0.3 is 10.6 Å². The van der Waals surface area contributed by atoms with E-state index in [2.05, 4.69) is 50.2 Å². The van der Waals surface area contributed by atoms with Crippen molar-refractivity contribution < 1.29 is 0 Å². The molecular weight excluding hydrogens is 260 g/mol. The first kappa shape index (κ1) is 16.1. The topological polar surface area (TPSA) is 49.8 Å². The van der Waals surface area contributed by atoms with Crippen LogP contribution in [0, 0.1) is 5.92 Å². The lowest BCUT2D eigenvalue weighted by Gasteiger charge is -2.30. The number of anilines is 2. The highest BCUT2D eigenvalue weighted by molar-refractivity contribution is 5.48. The van der Waals surface area contributed by atoms with Gasteiger partial charge in [-0.2, -0.15) is 0 Å². The Balaban J connectivity index is 2.22. The van der Waals surface area contributed by atoms with Crippen LogP contribution in [-0.2, 0) is 5.41 Å². The lowest BCUT2D eigenvalue weighted by atomic mass is 9.86. The molecule has 4 nitrogen and oxygen atoms in total. The SMILES string of the molecule is CCNc1cc(NC2CCCCC2C)nc(C(C)(C)C)n1. The van der Waals surface area contributed by atoms with E-state index in [0.717, 1.165) is 29.9 Å². The number of rotatable bonds is 4. The van der Waals surface area contributed by atoms with Gasteiger partial charge in [-0.1, -0.05) is 40.5 Å². The van der Waals surface area contributed by atoms with Crippen molar-refractivity contribution in [2.24, 2.45) is 5.92 Å². The van der Waals surface area contributed by atoms with Gasteiger partial charge in [-0.05, 0) is 25.7 Å². The molecule has 2 atom stereocenters. The van der Waals surface area contributed by atoms with Gasteiger partial charge in [0.05, 0.1) is 0 Å². The van der Waals surface area contributed by atoms with E-state index >= 15 is 0 Å². The van der Waals surface area contributed by atoms with Crippen LogP contribution in [0.4, 0.5) is 11.6 Å². The Morgan fingerprint density at radius 3 is 2.43 bits per heavy atom. The summed E-state index contributed by atoms with van der Waals surface area (Å²) in [4.78, 5) is 9.40. The van der Waals surface area contributed by atoms with Crippen LogP contribution in [0.5, 0.6) is 0 Å². The third kappa shape index (κ3) is 4.32. The van der Waals surface area contributed by atoms with Crippen LogP contribution in [0.2, 0.25) is 0 Å². The van der Waals surface area contributed by atoms with Crippen LogP contribution in [0.25, 0.3) is 0 Å². The molecule has 2 rings (SSSR count). The first-order valence-electron chi connectivity index (χ1n) is 8.30. The Morgan fingerprint density at radius 2 is 1.81 bits per heavy atom. The van der Waals surface area contributed by atoms with E-state index < -0.39 is 0 Å². The molecule has 0 amide bonds. The maximum absolute atomic E-state index is 4.75. The Kier molecular flexibility index (Phi) is 5.07. The highest BCUT2D eigenvalue weighted by atomic mass is 15.1. The summed E-state index contributed by atoms with van der Waals surface area (Å²) in [6, 6.07) is 2.58. The molecule has 0 saturated heterocycles. The second-order valence-electron chi connectivity index (χ2n) is 7.25. The zero-order valence-corrected chi connectivity index (χ0v) is 14.2. The van der Waals surface area contributed by atoms with Crippen LogP contribution in [-0.4, -0.2) is 22.6 Å². The van der Waals surface area contributed by atoms with Crippen molar-refractivity contribution in [3.05, 3.63) is 11.9 Å². The molecule has 1 saturated carbocycles. The number of aromatic nitrogens is 2. The predicted molar refractivity (Wildman–Crippen MR) is 89.9 cm³/mol. The molecule has 2 unspecified atom stereocenters. The summed E-state index contributed by atoms with van der Waals surface area (Å²) in [5.74, 6) is 3.49. The fourth-order valence-corrected chi connectivity index (χ4v) is 2.85. The van der Waals surface area contributed by atoms with Gasteiger partial charge >= 0.3 is 0 Å². The predicted octanol–water partition coefficient (Wildman–Crippen LogP) is 4.20. The monoisotopic (exact) mass is 290 g/mol. The lowest BCUT2D eigenvalue weighted by molar-refractivity contribution is 0.349. The fourth-order valence-electron chi connectivity index (χ4n) is 2.85. The van der Waals surface area contributed by atoms with Gasteiger partial charge in [0.25, 0.3) is 0 Å². The standard InChI is InChI=1S/C17H30N4/c1-6-18-14-11-15(21-16(20-14)17(3,4)5)19-13-10-8-7-9-12(13)2/h11-13H,6-10H2,1-5H3,(H2,18,19,20,21). The van der Waals surface area contributed by atoms with Crippen molar-refractivity contribution in [3.8, 4) is 0 Å². The number of nitrogens with one attached hydrogen (secondary N) is 2. The van der Waals surface area contributed by atoms with Crippen LogP contribution in [0.3, 0.4) is 0 Å². The fraction of sp³-hybridized carbons (Fsp3) is 0.765. The summed E-state index contributed by atoms with van der Waals surface area (Å²) in [5.41, 5.74) is -0.0416. The third-order valence-electron chi connectivity index (χ3n) is 4.20. The number of hydrogen-bond acceptors (Lipinski definition) is 4. The van der Waals surface area contributed by atoms with E-state index in [1.54, 1.807) is 0 Å². The van der Waals surface area contributed by atoms with Gasteiger partial charge in [0.1, 0.15) is 17.5 Å². The first-order valence-corrected chi connectivity index (χ1v) is 8.30. The number of hydrogen-bond donors (Lipinski definition) is 2. The average Bonchev–Trinajstić information content (AvgIpc) is 2.41. The van der Waals surface area contributed by atoms with Crippen LogP contribution in [0.15, 0.2) is 6.07 Å². The summed E-state index contributed by atoms with van der Waals surface area (Å²) in [7, 11) is 0. The summed E-state index contributed by atoms with van der Waals surface area (Å²) >= 11 is 0. The molecule has 1 aliphatic rings. The van der Waals surface area contributed by atoms with Crippen molar-refractivity contribution in [2.75, 3.05) is 17.2 Å². The Morgan fingerprint density at radius 1 is 1.14 bits per heavy atom. The van der Waals surface area contributed by atoms with Crippen molar-refractivity contribution >= 4 is 11.6 Å². The average molecular weight is 290 g/mol. The third-order valence-corrected chi connectivity index (χ3v) is 4.20. The molecule has 0 bridgehead atoms. The second kappa shape index (κ2) is 6.63. The van der Waals surface area contributed by atoms with E-state index in [4.69, 9.17) is 4.98 Å². The minimum Gasteiger partial charge on any atom is -0.370 e. The summed E-state index contributed by atoms with van der Waals surface area (Å²) in [6.45, 7) is 11.8. The van der Waals surface area contributed by atoms with Crippen molar-refractivity contribution in [3.63, 3.8) is 0 Å². The largest absolute Gasteiger partial charge is 0.370 e. The quantitative estimate of drug-likeness (QED) is 0.872. The van der Waals surface area contributed by atoms with Gasteiger partial charge in [0.15, 0.2) is 0 Å². The van der Waals surface area contributed by atoms with Gasteiger partial charge in [0, 0.05) is 24.1 Å². The maximum atomic E-state index is 4.75. The van der Waals surface area contributed by atoms with Crippen LogP contribution >= 0.6 is 0 Å². The van der Waals surface area contributed by atoms with Crippen molar-refractivity contribution in [2.45, 2.75) is 71.8 Å². The van der Waals surface area contributed by atoms with E-state index in [-0.39, 0.29) is 5.41 Å². The summed E-state index contributed by atoms with van der Waals surface area (Å²) < 4.78 is 0. The molecule has 118 valence electrons. The zero-order chi connectivity index (χ0) is 15.5. The van der Waals surface area contributed by atoms with Gasteiger partial charge in [-0.25, -0.2) is 9.97 Å². The summed E-state index contributed by atoms with van der Waals surface area (Å²) in [6.07, 6.45) is 5.24. The Bertz CT molecular complexity index is 464. The molecule has 1 fully saturated rings. The van der Waals surface area contributed by atoms with E-state index in [1.165, 1.54) is 25.7 Å². The molecule has 1 aliphatic carbocycles. The molecule has 0 radical (unpaired) electrons. The minimum absolute atomic E-state index is 0.0416. The molecule has 21 heavy (non-hydrogen) atoms. The molecule has 1 aromatic rings. The normalized spacial score (nSPS) is 22.9. The highest BCUT2D eigenvalue weighted by Gasteiger charge is 2.23. The molecule has 0 aromatic carbocycles. The molecule has 0 spiro atoms. The zero-order valence-electron chi connectivity index (χ0n) is 14.2. The van der Waals surface area contributed by atoms with Crippen LogP contribution in [0.1, 0.15) is 66.1 Å². The van der Waals surface area contributed by atoms with Gasteiger partial charge in [0.2, 0.25) is 0 Å². The molecule has 1 aromatic heterocycles. The summed E-state index contributed by atoms with van der Waals surface area (Å²) in [5, 5.41) is 6.97. The van der Waals surface area contributed by atoms with Crippen molar-refractivity contribution in [1.82, 2.24) is 9.97 Å². The minimum atomic E-state index is -0.0416. The molecule has 4 heteroatoms. The first-order chi connectivity index (χ1) is 9.90. The van der Waals surface area contributed by atoms with E-state index in [0.29, 0.717) is 6.04 Å². The van der Waals surface area contributed by atoms with Crippen LogP contribution < -0.4 is 10.6 Å². The smallest absolute Gasteiger partial charge is 0.138 e. The molecular formula is C17H30N4. The Hall–Kier alpha value is -1.32. The molecule has 1 heterocycles. The van der Waals surface area contributed by atoms with Gasteiger partial charge in [-0.15, -0.1) is 0 Å². The maximum Gasteiger partial charge on any atom is 0.138 e. The highest BCUT2D eigenvalue weighted by Crippen LogP contribution is 2.28. The second-order valence-corrected chi connectivity index (χ2v) is 7.25.